The molecule has 0 fully saturated rings. The van der Waals surface area contributed by atoms with Crippen LogP contribution in [0.1, 0.15) is 90.4 Å². The lowest BCUT2D eigenvalue weighted by molar-refractivity contribution is 0.0729. The fourth-order valence-corrected chi connectivity index (χ4v) is 4.88. The number of ether oxygens (including phenoxy) is 2. The highest BCUT2D eigenvalue weighted by Gasteiger charge is 2.24. The summed E-state index contributed by atoms with van der Waals surface area (Å²) in [7, 11) is 1.68. The molecule has 2 unspecified atom stereocenters. The van der Waals surface area contributed by atoms with Crippen LogP contribution in [0.25, 0.3) is 0 Å². The third kappa shape index (κ3) is 9.87. The van der Waals surface area contributed by atoms with Gasteiger partial charge in [-0.3, -0.25) is 0 Å². The van der Waals surface area contributed by atoms with E-state index in [0.717, 1.165) is 61.6 Å². The van der Waals surface area contributed by atoms with E-state index in [-0.39, 0.29) is 24.0 Å². The Morgan fingerprint density at radius 1 is 0.902 bits per heavy atom. The summed E-state index contributed by atoms with van der Waals surface area (Å²) in [4.78, 5) is 12.8. The zero-order valence-corrected chi connectivity index (χ0v) is 23.9. The Bertz CT molecular complexity index is 1350. The molecule has 0 saturated carbocycles. The second-order valence-electron chi connectivity index (χ2n) is 10.1. The average molecular weight is 556 g/mol. The Hall–Kier alpha value is -3.97. The number of nitriles is 1. The topological polar surface area (TPSA) is 79.6 Å². The van der Waals surface area contributed by atoms with Crippen molar-refractivity contribution in [2.75, 3.05) is 20.3 Å². The highest BCUT2D eigenvalue weighted by molar-refractivity contribution is 5.91. The number of rotatable bonds is 14. The van der Waals surface area contributed by atoms with E-state index in [1.165, 1.54) is 12.1 Å². The molecule has 0 saturated heterocycles. The lowest BCUT2D eigenvalue weighted by Gasteiger charge is -2.26. The third-order valence-electron chi connectivity index (χ3n) is 7.22. The van der Waals surface area contributed by atoms with Gasteiger partial charge in [0.1, 0.15) is 11.6 Å². The first-order valence-corrected chi connectivity index (χ1v) is 14.2. The number of nitrogens with zero attached hydrogens (tertiary/aromatic N) is 1. The third-order valence-corrected chi connectivity index (χ3v) is 7.22. The maximum absolute atomic E-state index is 15.2. The van der Waals surface area contributed by atoms with Gasteiger partial charge in [0.15, 0.2) is 0 Å². The minimum absolute atomic E-state index is 0.110. The molecule has 1 N–H and O–H groups in total. The first-order chi connectivity index (χ1) is 20.0. The smallest absolute Gasteiger partial charge is 0.346 e. The van der Waals surface area contributed by atoms with E-state index in [0.29, 0.717) is 17.9 Å². The van der Waals surface area contributed by atoms with Gasteiger partial charge in [-0.2, -0.15) is 5.26 Å². The molecule has 41 heavy (non-hydrogen) atoms. The molecule has 0 spiro atoms. The summed E-state index contributed by atoms with van der Waals surface area (Å²) in [5.41, 5.74) is 2.84. The molecule has 0 aliphatic rings. The van der Waals surface area contributed by atoms with Gasteiger partial charge in [0, 0.05) is 31.5 Å². The predicted molar refractivity (Wildman–Crippen MR) is 158 cm³/mol. The fraction of sp³-hybridized carbons (Fsp3) is 0.371. The van der Waals surface area contributed by atoms with E-state index in [1.54, 1.807) is 55.6 Å². The number of aliphatic hydroxyl groups excluding tert-OH is 1. The molecule has 6 heteroatoms. The summed E-state index contributed by atoms with van der Waals surface area (Å²) < 4.78 is 26.1. The number of hydrogen-bond donors (Lipinski definition) is 1. The molecule has 3 aromatic carbocycles. The maximum atomic E-state index is 15.2. The summed E-state index contributed by atoms with van der Waals surface area (Å²) in [5.74, 6) is 5.37. The van der Waals surface area contributed by atoms with E-state index in [4.69, 9.17) is 19.8 Å². The van der Waals surface area contributed by atoms with Crippen LogP contribution in [0.2, 0.25) is 0 Å². The Balaban J connectivity index is 1.66. The normalized spacial score (nSPS) is 12.1. The molecule has 3 rings (SSSR count). The van der Waals surface area contributed by atoms with Crippen molar-refractivity contribution in [2.45, 2.75) is 57.8 Å². The minimum atomic E-state index is -0.755. The van der Waals surface area contributed by atoms with Gasteiger partial charge in [0.2, 0.25) is 0 Å². The van der Waals surface area contributed by atoms with Gasteiger partial charge in [-0.15, -0.1) is 0 Å². The van der Waals surface area contributed by atoms with Gasteiger partial charge in [-0.05, 0) is 90.9 Å². The van der Waals surface area contributed by atoms with Crippen molar-refractivity contribution < 1.29 is 23.8 Å². The Labute approximate surface area is 242 Å². The van der Waals surface area contributed by atoms with Crippen LogP contribution in [0.4, 0.5) is 4.39 Å². The van der Waals surface area contributed by atoms with Crippen LogP contribution in [-0.2, 0) is 4.74 Å². The summed E-state index contributed by atoms with van der Waals surface area (Å²) in [6.07, 6.45) is 6.79. The van der Waals surface area contributed by atoms with Crippen LogP contribution >= 0.6 is 0 Å². The molecule has 0 heterocycles. The monoisotopic (exact) mass is 555 g/mol. The minimum Gasteiger partial charge on any atom is -0.423 e. The average Bonchev–Trinajstić information content (AvgIpc) is 2.99. The quantitative estimate of drug-likeness (QED) is 0.0970. The largest absolute Gasteiger partial charge is 0.423 e. The molecule has 3 aromatic rings. The molecule has 2 atom stereocenters. The highest BCUT2D eigenvalue weighted by atomic mass is 19.1. The molecule has 0 aliphatic heterocycles. The van der Waals surface area contributed by atoms with Crippen molar-refractivity contribution in [1.29, 1.82) is 5.26 Å². The van der Waals surface area contributed by atoms with Crippen LogP contribution in [0.5, 0.6) is 5.75 Å². The predicted octanol–water partition coefficient (Wildman–Crippen LogP) is 7.41. The van der Waals surface area contributed by atoms with Crippen LogP contribution in [0.3, 0.4) is 0 Å². The van der Waals surface area contributed by atoms with Crippen LogP contribution in [-0.4, -0.2) is 31.4 Å². The van der Waals surface area contributed by atoms with Crippen molar-refractivity contribution in [3.05, 3.63) is 100 Å². The number of carbonyl (C=O) groups excluding carboxylic acids is 1. The van der Waals surface area contributed by atoms with Crippen LogP contribution in [0.15, 0.2) is 66.7 Å². The molecule has 0 radical (unpaired) electrons. The van der Waals surface area contributed by atoms with Crippen molar-refractivity contribution >= 4 is 5.97 Å². The first kappa shape index (κ1) is 31.6. The Kier molecular flexibility index (Phi) is 13.1. The number of carbonyl (C=O) groups is 1. The molecular weight excluding hydrogens is 517 g/mol. The number of unbranched alkanes of at least 4 members (excludes halogenated alkanes) is 4. The van der Waals surface area contributed by atoms with Gasteiger partial charge < -0.3 is 14.6 Å². The van der Waals surface area contributed by atoms with E-state index in [9.17, 15) is 4.79 Å². The summed E-state index contributed by atoms with van der Waals surface area (Å²) in [6, 6.07) is 20.6. The second kappa shape index (κ2) is 17.0. The Morgan fingerprint density at radius 3 is 2.10 bits per heavy atom. The maximum Gasteiger partial charge on any atom is 0.346 e. The molecule has 0 aliphatic carbocycles. The fourth-order valence-electron chi connectivity index (χ4n) is 4.88. The molecule has 5 nitrogen and oxygen atoms in total. The lowest BCUT2D eigenvalue weighted by Crippen LogP contribution is -2.19. The van der Waals surface area contributed by atoms with Crippen LogP contribution < -0.4 is 4.74 Å². The van der Waals surface area contributed by atoms with Crippen molar-refractivity contribution in [3.63, 3.8) is 0 Å². The first-order valence-electron chi connectivity index (χ1n) is 14.2. The van der Waals surface area contributed by atoms with E-state index in [2.05, 4.69) is 24.8 Å². The van der Waals surface area contributed by atoms with Crippen molar-refractivity contribution in [2.24, 2.45) is 5.92 Å². The zero-order valence-electron chi connectivity index (χ0n) is 23.9. The number of benzene rings is 3. The standard InChI is InChI=1S/C35H38FNO4/c1-3-29(25-40-2)32(9-7-5-4-6-8-22-38)30-18-21-33(34(36)23-30)35(39)41-31-19-16-27(17-20-31)11-10-26-12-14-28(24-37)15-13-26/h12-21,23,29,32,38H,3-9,22,25H2,1-2H3. The molecular formula is C35H38FNO4. The van der Waals surface area contributed by atoms with E-state index >= 15 is 4.39 Å². The highest BCUT2D eigenvalue weighted by Crippen LogP contribution is 2.34. The van der Waals surface area contributed by atoms with Crippen LogP contribution in [0, 0.1) is 34.9 Å². The lowest BCUT2D eigenvalue weighted by atomic mass is 9.80. The van der Waals surface area contributed by atoms with Crippen molar-refractivity contribution in [1.82, 2.24) is 0 Å². The summed E-state index contributed by atoms with van der Waals surface area (Å²) in [5, 5.41) is 17.9. The molecule has 0 aromatic heterocycles. The number of hydrogen-bond acceptors (Lipinski definition) is 5. The molecule has 0 amide bonds. The zero-order chi connectivity index (χ0) is 29.5. The van der Waals surface area contributed by atoms with E-state index in [1.807, 2.05) is 6.07 Å². The van der Waals surface area contributed by atoms with Crippen molar-refractivity contribution in [3.8, 4) is 23.7 Å². The summed E-state index contributed by atoms with van der Waals surface area (Å²) >= 11 is 0. The SMILES string of the molecule is CCC(COC)C(CCCCCCCO)c1ccc(C(=O)Oc2ccc(C#Cc3ccc(C#N)cc3)cc2)c(F)c1. The summed E-state index contributed by atoms with van der Waals surface area (Å²) in [6.45, 7) is 2.93. The number of aliphatic hydroxyl groups is 1. The number of halogens is 1. The number of methoxy groups -OCH3 is 1. The molecule has 214 valence electrons. The second-order valence-corrected chi connectivity index (χ2v) is 10.1. The van der Waals surface area contributed by atoms with E-state index < -0.39 is 11.8 Å². The van der Waals surface area contributed by atoms with Gasteiger partial charge in [-0.25, -0.2) is 9.18 Å². The Morgan fingerprint density at radius 2 is 1.51 bits per heavy atom. The number of esters is 1. The van der Waals surface area contributed by atoms with Gasteiger partial charge in [-0.1, -0.05) is 56.9 Å². The van der Waals surface area contributed by atoms with Gasteiger partial charge in [0.05, 0.1) is 17.2 Å². The molecule has 0 bridgehead atoms. The van der Waals surface area contributed by atoms with Gasteiger partial charge in [0.25, 0.3) is 0 Å². The van der Waals surface area contributed by atoms with Gasteiger partial charge >= 0.3 is 5.97 Å².